The van der Waals surface area contributed by atoms with E-state index in [0.717, 1.165) is 4.90 Å². The van der Waals surface area contributed by atoms with Crippen LogP contribution in [0.3, 0.4) is 0 Å². The van der Waals surface area contributed by atoms with E-state index in [2.05, 4.69) is 4.99 Å². The van der Waals surface area contributed by atoms with Crippen LogP contribution in [0.5, 0.6) is 0 Å². The predicted octanol–water partition coefficient (Wildman–Crippen LogP) is -3.80. The van der Waals surface area contributed by atoms with E-state index in [1.54, 1.807) is 0 Å². The topological polar surface area (TPSA) is 95.9 Å². The van der Waals surface area contributed by atoms with Gasteiger partial charge in [-0.3, -0.25) is 4.99 Å². The summed E-state index contributed by atoms with van der Waals surface area (Å²) in [5.74, 6) is -3.08. The van der Waals surface area contributed by atoms with Crippen LogP contribution in [0.4, 0.5) is 0 Å². The third kappa shape index (κ3) is 3.03. The molecule has 0 aromatic heterocycles. The zero-order valence-corrected chi connectivity index (χ0v) is 7.45. The van der Waals surface area contributed by atoms with Gasteiger partial charge in [-0.2, -0.15) is 0 Å². The minimum atomic E-state index is -1.45. The van der Waals surface area contributed by atoms with Crippen LogP contribution < -0.4 is 10.2 Å². The average Bonchev–Trinajstić information content (AvgIpc) is 2.33. The Bertz CT molecular complexity index is 253. The first kappa shape index (κ1) is 11.9. The van der Waals surface area contributed by atoms with Crippen molar-refractivity contribution in [1.82, 2.24) is 4.90 Å². The molecule has 0 aromatic rings. The number of rotatable bonds is 3. The van der Waals surface area contributed by atoms with Gasteiger partial charge in [0, 0.05) is 6.54 Å². The first-order valence-corrected chi connectivity index (χ1v) is 3.32. The summed E-state index contributed by atoms with van der Waals surface area (Å²) in [5.41, 5.74) is 0. The third-order valence-electron chi connectivity index (χ3n) is 1.43. The van der Waals surface area contributed by atoms with Crippen molar-refractivity contribution in [2.45, 2.75) is 0 Å². The molecular formula is C6H6N2NiO4. The second-order valence-corrected chi connectivity index (χ2v) is 2.29. The number of hydrogen-bond donors (Lipinski definition) is 0. The van der Waals surface area contributed by atoms with Crippen molar-refractivity contribution in [3.8, 4) is 0 Å². The number of hydrogen-bond acceptors (Lipinski definition) is 6. The summed E-state index contributed by atoms with van der Waals surface area (Å²) in [6, 6.07) is 0. The quantitative estimate of drug-likeness (QED) is 0.462. The molecule has 0 saturated heterocycles. The molecule has 0 aromatic carbocycles. The molecule has 0 atom stereocenters. The fourth-order valence-electron chi connectivity index (χ4n) is 0.986. The standard InChI is InChI=1S/C6H8N2O4.Ni/c9-4(10)3-8-2-1-7-5(8)6(11)12;/h1-3H2,(H,9,10)(H,11,12);/q;+2/p-2. The van der Waals surface area contributed by atoms with Gasteiger partial charge in [-0.25, -0.2) is 0 Å². The van der Waals surface area contributed by atoms with Crippen LogP contribution >= 0.6 is 0 Å². The van der Waals surface area contributed by atoms with Crippen molar-refractivity contribution >= 4 is 17.8 Å². The largest absolute Gasteiger partial charge is 2.00 e. The van der Waals surface area contributed by atoms with Gasteiger partial charge in [0.15, 0.2) is 0 Å². The normalized spacial score (nSPS) is 14.8. The van der Waals surface area contributed by atoms with E-state index in [1.807, 2.05) is 0 Å². The van der Waals surface area contributed by atoms with E-state index >= 15 is 0 Å². The molecule has 0 unspecified atom stereocenters. The van der Waals surface area contributed by atoms with Crippen molar-refractivity contribution in [1.29, 1.82) is 0 Å². The van der Waals surface area contributed by atoms with Gasteiger partial charge in [0.25, 0.3) is 0 Å². The fraction of sp³-hybridized carbons (Fsp3) is 0.500. The van der Waals surface area contributed by atoms with Crippen LogP contribution in [-0.2, 0) is 26.1 Å². The Kier molecular flexibility index (Phi) is 4.41. The van der Waals surface area contributed by atoms with E-state index in [-0.39, 0.29) is 35.4 Å². The SMILES string of the molecule is O=C([O-])CN1CCN=C1C(=O)[O-].[Ni+2]. The molecule has 13 heavy (non-hydrogen) atoms. The number of carboxylic acid groups (broad SMARTS) is 2. The van der Waals surface area contributed by atoms with Crippen molar-refractivity contribution in [2.24, 2.45) is 4.99 Å². The molecule has 7 heteroatoms. The fourth-order valence-corrected chi connectivity index (χ4v) is 0.986. The zero-order valence-electron chi connectivity index (χ0n) is 6.46. The summed E-state index contributed by atoms with van der Waals surface area (Å²) in [4.78, 5) is 25.1. The first-order chi connectivity index (χ1) is 5.61. The minimum absolute atomic E-state index is 0. The summed E-state index contributed by atoms with van der Waals surface area (Å²) in [5, 5.41) is 20.4. The number of carboxylic acids is 2. The molecule has 0 saturated carbocycles. The minimum Gasteiger partial charge on any atom is -0.548 e. The van der Waals surface area contributed by atoms with Gasteiger partial charge in [0.2, 0.25) is 0 Å². The first-order valence-electron chi connectivity index (χ1n) is 3.32. The Morgan fingerprint density at radius 3 is 2.54 bits per heavy atom. The van der Waals surface area contributed by atoms with Crippen molar-refractivity contribution in [3.05, 3.63) is 0 Å². The number of nitrogens with zero attached hydrogens (tertiary/aromatic N) is 2. The van der Waals surface area contributed by atoms with Gasteiger partial charge in [0.1, 0.15) is 11.8 Å². The molecule has 1 aliphatic heterocycles. The number of aliphatic imine (C=N–C) groups is 1. The number of carbonyl (C=O) groups excluding carboxylic acids is 2. The Labute approximate surface area is 84.2 Å². The zero-order chi connectivity index (χ0) is 9.14. The van der Waals surface area contributed by atoms with Gasteiger partial charge < -0.3 is 24.7 Å². The van der Waals surface area contributed by atoms with E-state index in [0.29, 0.717) is 0 Å². The maximum Gasteiger partial charge on any atom is 2.00 e. The van der Waals surface area contributed by atoms with Gasteiger partial charge in [0.05, 0.1) is 19.1 Å². The predicted molar refractivity (Wildman–Crippen MR) is 33.9 cm³/mol. The van der Waals surface area contributed by atoms with Crippen LogP contribution in [0.1, 0.15) is 0 Å². The Morgan fingerprint density at radius 2 is 2.08 bits per heavy atom. The Morgan fingerprint density at radius 1 is 1.46 bits per heavy atom. The molecule has 0 radical (unpaired) electrons. The Hall–Kier alpha value is -1.10. The molecule has 0 amide bonds. The van der Waals surface area contributed by atoms with Crippen LogP contribution in [0.25, 0.3) is 0 Å². The molecular weight excluding hydrogens is 223 g/mol. The number of amidine groups is 1. The molecule has 0 bridgehead atoms. The molecule has 0 aliphatic carbocycles. The van der Waals surface area contributed by atoms with E-state index in [4.69, 9.17) is 0 Å². The molecule has 74 valence electrons. The average molecular weight is 229 g/mol. The summed E-state index contributed by atoms with van der Waals surface area (Å²) in [6.45, 7) is 0.126. The molecule has 6 nitrogen and oxygen atoms in total. The van der Waals surface area contributed by atoms with Crippen molar-refractivity contribution in [2.75, 3.05) is 19.6 Å². The number of aliphatic carboxylic acids is 2. The maximum atomic E-state index is 10.3. The monoisotopic (exact) mass is 228 g/mol. The van der Waals surface area contributed by atoms with Crippen LogP contribution in [0, 0.1) is 0 Å². The molecule has 1 rings (SSSR count). The van der Waals surface area contributed by atoms with E-state index in [9.17, 15) is 19.8 Å². The second-order valence-electron chi connectivity index (χ2n) is 2.29. The third-order valence-corrected chi connectivity index (χ3v) is 1.43. The van der Waals surface area contributed by atoms with Crippen LogP contribution in [0.15, 0.2) is 4.99 Å². The van der Waals surface area contributed by atoms with Crippen molar-refractivity contribution in [3.63, 3.8) is 0 Å². The summed E-state index contributed by atoms with van der Waals surface area (Å²) < 4.78 is 0. The van der Waals surface area contributed by atoms with Gasteiger partial charge >= 0.3 is 16.5 Å². The Balaban J connectivity index is 0.00000144. The molecule has 0 N–H and O–H groups in total. The smallest absolute Gasteiger partial charge is 0.548 e. The van der Waals surface area contributed by atoms with Gasteiger partial charge in [-0.1, -0.05) is 0 Å². The summed E-state index contributed by atoms with van der Waals surface area (Å²) >= 11 is 0. The molecule has 0 spiro atoms. The van der Waals surface area contributed by atoms with E-state index < -0.39 is 18.5 Å². The molecule has 0 fully saturated rings. The number of carbonyl (C=O) groups is 2. The van der Waals surface area contributed by atoms with E-state index in [1.165, 1.54) is 0 Å². The van der Waals surface area contributed by atoms with Crippen molar-refractivity contribution < 1.29 is 36.3 Å². The maximum absolute atomic E-state index is 10.3. The second kappa shape index (κ2) is 4.81. The summed E-state index contributed by atoms with van der Waals surface area (Å²) in [7, 11) is 0. The van der Waals surface area contributed by atoms with Gasteiger partial charge in [-0.05, 0) is 0 Å². The van der Waals surface area contributed by atoms with Gasteiger partial charge in [-0.15, -0.1) is 0 Å². The van der Waals surface area contributed by atoms with Crippen LogP contribution in [0.2, 0.25) is 0 Å². The summed E-state index contributed by atoms with van der Waals surface area (Å²) in [6.07, 6.45) is 0. The molecule has 1 aliphatic rings. The molecule has 1 heterocycles. The van der Waals surface area contributed by atoms with Crippen LogP contribution in [-0.4, -0.2) is 42.3 Å².